The van der Waals surface area contributed by atoms with Crippen LogP contribution in [0.4, 0.5) is 5.69 Å². The predicted molar refractivity (Wildman–Crippen MR) is 121 cm³/mol. The number of benzene rings is 2. The summed E-state index contributed by atoms with van der Waals surface area (Å²) in [5.74, 6) is 0.626. The molecule has 4 rings (SSSR count). The van der Waals surface area contributed by atoms with Gasteiger partial charge in [0, 0.05) is 31.2 Å². The average Bonchev–Trinajstić information content (AvgIpc) is 3.48. The lowest BCUT2D eigenvalue weighted by Crippen LogP contribution is -2.29. The van der Waals surface area contributed by atoms with Crippen LogP contribution in [-0.4, -0.2) is 42.5 Å². The van der Waals surface area contributed by atoms with Crippen LogP contribution in [0.15, 0.2) is 65.3 Å². The van der Waals surface area contributed by atoms with Crippen molar-refractivity contribution in [1.82, 2.24) is 4.90 Å². The topological polar surface area (TPSA) is 45.1 Å². The zero-order valence-electron chi connectivity index (χ0n) is 17.9. The number of hydrogen-bond donors (Lipinski definition) is 0. The molecular weight excluding hydrogens is 374 g/mol. The second kappa shape index (κ2) is 8.74. The molecule has 1 aliphatic carbocycles. The van der Waals surface area contributed by atoms with Gasteiger partial charge in [0.05, 0.1) is 6.04 Å². The zero-order chi connectivity index (χ0) is 21.1. The summed E-state index contributed by atoms with van der Waals surface area (Å²) in [6.45, 7) is 8.71. The maximum Gasteiger partial charge on any atom is 0.300 e. The van der Waals surface area contributed by atoms with Crippen LogP contribution in [0.5, 0.6) is 0 Å². The molecule has 1 heterocycles. The number of ether oxygens (including phenoxy) is 1. The Labute approximate surface area is 178 Å². The highest BCUT2D eigenvalue weighted by Crippen LogP contribution is 2.44. The summed E-state index contributed by atoms with van der Waals surface area (Å²) < 4.78 is 5.91. The van der Waals surface area contributed by atoms with Crippen molar-refractivity contribution in [3.8, 4) is 0 Å². The second-order valence-corrected chi connectivity index (χ2v) is 7.66. The molecule has 30 heavy (non-hydrogen) atoms. The van der Waals surface area contributed by atoms with E-state index < -0.39 is 0 Å². The second-order valence-electron chi connectivity index (χ2n) is 7.66. The van der Waals surface area contributed by atoms with Gasteiger partial charge in [0.15, 0.2) is 5.76 Å². The molecule has 2 atom stereocenters. The number of amidine groups is 1. The van der Waals surface area contributed by atoms with E-state index in [0.717, 1.165) is 25.1 Å². The summed E-state index contributed by atoms with van der Waals surface area (Å²) in [7, 11) is 0. The lowest BCUT2D eigenvalue weighted by Gasteiger charge is -2.20. The molecule has 156 valence electrons. The van der Waals surface area contributed by atoms with Crippen molar-refractivity contribution in [2.45, 2.75) is 39.2 Å². The van der Waals surface area contributed by atoms with Gasteiger partial charge in [-0.2, -0.15) is 0 Å². The third-order valence-electron chi connectivity index (χ3n) is 5.78. The van der Waals surface area contributed by atoms with Gasteiger partial charge in [-0.1, -0.05) is 42.5 Å². The van der Waals surface area contributed by atoms with Crippen LogP contribution < -0.4 is 4.90 Å². The number of likely N-dealkylation sites (N-methyl/N-ethyl adjacent to an activating group) is 1. The summed E-state index contributed by atoms with van der Waals surface area (Å²) in [5, 5.41) is 0. The molecule has 0 bridgehead atoms. The quantitative estimate of drug-likeness (QED) is 0.632. The lowest BCUT2D eigenvalue weighted by atomic mass is 10.1. The fraction of sp³-hybridized carbons (Fsp3) is 0.360. The van der Waals surface area contributed by atoms with Gasteiger partial charge in [0.25, 0.3) is 5.91 Å². The molecular formula is C25H29N3O2. The van der Waals surface area contributed by atoms with Gasteiger partial charge in [-0.15, -0.1) is 0 Å². The van der Waals surface area contributed by atoms with E-state index in [1.54, 1.807) is 11.0 Å². The maximum atomic E-state index is 12.8. The maximum absolute atomic E-state index is 12.8. The minimum Gasteiger partial charge on any atom is -0.420 e. The highest BCUT2D eigenvalue weighted by molar-refractivity contribution is 6.11. The molecule has 0 spiro atoms. The Morgan fingerprint density at radius 1 is 1.07 bits per heavy atom. The molecule has 1 saturated heterocycles. The van der Waals surface area contributed by atoms with E-state index in [-0.39, 0.29) is 11.9 Å². The van der Waals surface area contributed by atoms with Crippen molar-refractivity contribution < 1.29 is 9.53 Å². The predicted octanol–water partition coefficient (Wildman–Crippen LogP) is 4.66. The Kier molecular flexibility index (Phi) is 5.88. The number of hydrogen-bond acceptors (Lipinski definition) is 4. The van der Waals surface area contributed by atoms with Crippen molar-refractivity contribution in [1.29, 1.82) is 0 Å². The fourth-order valence-corrected chi connectivity index (χ4v) is 3.93. The molecule has 2 unspecified atom stereocenters. The summed E-state index contributed by atoms with van der Waals surface area (Å²) in [4.78, 5) is 21.5. The normalized spacial score (nSPS) is 23.2. The largest absolute Gasteiger partial charge is 0.420 e. The molecule has 2 aromatic rings. The number of carbonyl (C=O) groups is 1. The van der Waals surface area contributed by atoms with E-state index in [2.05, 4.69) is 55.1 Å². The molecule has 0 radical (unpaired) electrons. The highest BCUT2D eigenvalue weighted by Gasteiger charge is 2.42. The van der Waals surface area contributed by atoms with Gasteiger partial charge < -0.3 is 9.64 Å². The zero-order valence-corrected chi connectivity index (χ0v) is 17.9. The Bertz CT molecular complexity index is 946. The minimum absolute atomic E-state index is 0.124. The van der Waals surface area contributed by atoms with E-state index in [1.165, 1.54) is 11.3 Å². The van der Waals surface area contributed by atoms with E-state index in [4.69, 9.17) is 9.73 Å². The Hall–Kier alpha value is -3.08. The first-order valence-corrected chi connectivity index (χ1v) is 10.8. The van der Waals surface area contributed by atoms with Crippen molar-refractivity contribution in [3.05, 3.63) is 71.5 Å². The average molecular weight is 404 g/mol. The Balaban J connectivity index is 1.50. The van der Waals surface area contributed by atoms with Crippen molar-refractivity contribution in [3.63, 3.8) is 0 Å². The van der Waals surface area contributed by atoms with Gasteiger partial charge >= 0.3 is 6.02 Å². The van der Waals surface area contributed by atoms with Crippen LogP contribution in [0.25, 0.3) is 6.08 Å². The van der Waals surface area contributed by atoms with Crippen LogP contribution in [0.2, 0.25) is 0 Å². The third kappa shape index (κ3) is 4.11. The molecule has 2 aliphatic rings. The van der Waals surface area contributed by atoms with Crippen LogP contribution in [0.3, 0.4) is 0 Å². The number of anilines is 1. The van der Waals surface area contributed by atoms with Crippen molar-refractivity contribution >= 4 is 23.7 Å². The molecule has 2 aromatic carbocycles. The molecule has 5 heteroatoms. The summed E-state index contributed by atoms with van der Waals surface area (Å²) >= 11 is 0. The molecule has 2 fully saturated rings. The molecule has 1 saturated carbocycles. The monoisotopic (exact) mass is 403 g/mol. The fourth-order valence-electron chi connectivity index (χ4n) is 3.93. The number of amides is 1. The summed E-state index contributed by atoms with van der Waals surface area (Å²) in [6, 6.07) is 19.2. The van der Waals surface area contributed by atoms with Crippen LogP contribution in [0, 0.1) is 0 Å². The van der Waals surface area contributed by atoms with Gasteiger partial charge in [0.2, 0.25) is 0 Å². The van der Waals surface area contributed by atoms with E-state index in [0.29, 0.717) is 24.2 Å². The highest BCUT2D eigenvalue weighted by atomic mass is 16.5. The van der Waals surface area contributed by atoms with Gasteiger partial charge in [-0.05, 0) is 56.5 Å². The van der Waals surface area contributed by atoms with Crippen LogP contribution >= 0.6 is 0 Å². The first-order chi connectivity index (χ1) is 14.6. The summed E-state index contributed by atoms with van der Waals surface area (Å²) in [5.41, 5.74) is 3.42. The molecule has 0 aromatic heterocycles. The SMILES string of the molecule is CCN1C(=O)/C(=C\c2ccc(N(CC)CC)cc2)O/C1=N/C1CC1c1ccccc1. The number of aliphatic imine (C=N–C) groups is 1. The van der Waals surface area contributed by atoms with Gasteiger partial charge in [-0.3, -0.25) is 9.69 Å². The molecule has 5 nitrogen and oxygen atoms in total. The standard InChI is InChI=1S/C25H29N3O2/c1-4-27(5-2)20-14-12-18(13-15-20)16-23-24(29)28(6-3)25(30-23)26-22-17-21(22)19-10-8-7-9-11-19/h7-16,21-22H,4-6,17H2,1-3H3/b23-16+,26-25+. The molecule has 0 N–H and O–H groups in total. The van der Waals surface area contributed by atoms with Gasteiger partial charge in [0.1, 0.15) is 0 Å². The lowest BCUT2D eigenvalue weighted by molar-refractivity contribution is -0.122. The first-order valence-electron chi connectivity index (χ1n) is 10.8. The van der Waals surface area contributed by atoms with Crippen LogP contribution in [-0.2, 0) is 9.53 Å². The first kappa shape index (κ1) is 20.2. The molecule has 1 amide bonds. The van der Waals surface area contributed by atoms with Gasteiger partial charge in [-0.25, -0.2) is 4.99 Å². The van der Waals surface area contributed by atoms with Crippen LogP contribution in [0.1, 0.15) is 44.2 Å². The van der Waals surface area contributed by atoms with Crippen molar-refractivity contribution in [2.24, 2.45) is 4.99 Å². The third-order valence-corrected chi connectivity index (χ3v) is 5.78. The van der Waals surface area contributed by atoms with E-state index >= 15 is 0 Å². The summed E-state index contributed by atoms with van der Waals surface area (Å²) in [6.07, 6.45) is 2.80. The van der Waals surface area contributed by atoms with Crippen molar-refractivity contribution in [2.75, 3.05) is 24.5 Å². The number of nitrogens with zero attached hydrogens (tertiary/aromatic N) is 3. The van der Waals surface area contributed by atoms with E-state index in [1.807, 2.05) is 25.1 Å². The Morgan fingerprint density at radius 2 is 1.77 bits per heavy atom. The number of carbonyl (C=O) groups excluding carboxylic acids is 1. The van der Waals surface area contributed by atoms with E-state index in [9.17, 15) is 4.79 Å². The number of rotatable bonds is 7. The Morgan fingerprint density at radius 3 is 2.40 bits per heavy atom. The minimum atomic E-state index is -0.124. The smallest absolute Gasteiger partial charge is 0.300 e. The molecule has 1 aliphatic heterocycles.